The highest BCUT2D eigenvalue weighted by atomic mass is 16.2. The fourth-order valence-corrected chi connectivity index (χ4v) is 2.58. The molecule has 2 rings (SSSR count). The number of likely N-dealkylation sites (N-methyl/N-ethyl adjacent to an activating group) is 1. The molecule has 2 amide bonds. The molecular formula is C20H24N2O2. The van der Waals surface area contributed by atoms with Gasteiger partial charge in [-0.15, -0.1) is 0 Å². The molecule has 0 unspecified atom stereocenters. The summed E-state index contributed by atoms with van der Waals surface area (Å²) in [6.07, 6.45) is 1.52. The molecule has 0 bridgehead atoms. The van der Waals surface area contributed by atoms with Crippen LogP contribution in [0.4, 0.5) is 5.69 Å². The molecular weight excluding hydrogens is 300 g/mol. The molecule has 2 N–H and O–H groups in total. The fraction of sp³-hybridized carbons (Fsp3) is 0.300. The lowest BCUT2D eigenvalue weighted by Crippen LogP contribution is -2.19. The van der Waals surface area contributed by atoms with Gasteiger partial charge in [-0.3, -0.25) is 9.59 Å². The zero-order chi connectivity index (χ0) is 17.5. The van der Waals surface area contributed by atoms with Gasteiger partial charge in [0.15, 0.2) is 0 Å². The zero-order valence-corrected chi connectivity index (χ0v) is 14.5. The molecule has 0 heterocycles. The highest BCUT2D eigenvalue weighted by Gasteiger charge is 2.06. The first-order valence-electron chi connectivity index (χ1n) is 8.13. The first-order valence-corrected chi connectivity index (χ1v) is 8.13. The van der Waals surface area contributed by atoms with Crippen LogP contribution in [-0.4, -0.2) is 18.9 Å². The number of hydrogen-bond donors (Lipinski definition) is 2. The van der Waals surface area contributed by atoms with E-state index < -0.39 is 0 Å². The smallest absolute Gasteiger partial charge is 0.224 e. The normalized spacial score (nSPS) is 10.3. The van der Waals surface area contributed by atoms with Gasteiger partial charge in [0.1, 0.15) is 0 Å². The molecule has 0 spiro atoms. The number of benzene rings is 2. The molecule has 0 aromatic heterocycles. The van der Waals surface area contributed by atoms with E-state index in [1.807, 2.05) is 24.3 Å². The second-order valence-electron chi connectivity index (χ2n) is 6.02. The number of anilines is 1. The quantitative estimate of drug-likeness (QED) is 0.857. The topological polar surface area (TPSA) is 58.2 Å². The van der Waals surface area contributed by atoms with Gasteiger partial charge < -0.3 is 10.6 Å². The first kappa shape index (κ1) is 17.7. The third kappa shape index (κ3) is 5.23. The van der Waals surface area contributed by atoms with Gasteiger partial charge in [-0.1, -0.05) is 35.9 Å². The largest absolute Gasteiger partial charge is 0.359 e. The number of carbonyl (C=O) groups excluding carboxylic acids is 2. The van der Waals surface area contributed by atoms with Gasteiger partial charge in [0.2, 0.25) is 11.8 Å². The lowest BCUT2D eigenvalue weighted by Gasteiger charge is -2.08. The lowest BCUT2D eigenvalue weighted by molar-refractivity contribution is -0.120. The van der Waals surface area contributed by atoms with Crippen LogP contribution in [0.1, 0.15) is 28.7 Å². The third-order valence-corrected chi connectivity index (χ3v) is 4.00. The Hall–Kier alpha value is -2.62. The number of aryl methyl sites for hydroxylation is 3. The van der Waals surface area contributed by atoms with E-state index in [-0.39, 0.29) is 11.8 Å². The molecule has 2 aromatic carbocycles. The molecule has 0 fully saturated rings. The van der Waals surface area contributed by atoms with Crippen LogP contribution < -0.4 is 10.6 Å². The van der Waals surface area contributed by atoms with Crippen LogP contribution in [0.2, 0.25) is 0 Å². The molecule has 0 saturated heterocycles. The van der Waals surface area contributed by atoms with Gasteiger partial charge in [0.25, 0.3) is 0 Å². The van der Waals surface area contributed by atoms with Crippen molar-refractivity contribution in [1.29, 1.82) is 0 Å². The summed E-state index contributed by atoms with van der Waals surface area (Å²) < 4.78 is 0. The first-order chi connectivity index (χ1) is 11.5. The second kappa shape index (κ2) is 8.29. The molecule has 4 heteroatoms. The predicted octanol–water partition coefficient (Wildman–Crippen LogP) is 3.16. The van der Waals surface area contributed by atoms with E-state index in [0.29, 0.717) is 12.8 Å². The maximum absolute atomic E-state index is 12.1. The van der Waals surface area contributed by atoms with Gasteiger partial charge in [0.05, 0.1) is 6.42 Å². The van der Waals surface area contributed by atoms with Crippen molar-refractivity contribution in [2.24, 2.45) is 0 Å². The monoisotopic (exact) mass is 324 g/mol. The highest BCUT2D eigenvalue weighted by Crippen LogP contribution is 2.14. The van der Waals surface area contributed by atoms with E-state index in [1.165, 1.54) is 16.7 Å². The van der Waals surface area contributed by atoms with E-state index in [2.05, 4.69) is 42.7 Å². The number of hydrogen-bond acceptors (Lipinski definition) is 2. The number of rotatable bonds is 6. The standard InChI is InChI=1S/C20H24N2O2/c1-14-4-7-17(15(2)12-14)8-11-19(23)22-18-9-5-16(6-10-18)13-20(24)21-3/h4-7,9-10,12H,8,11,13H2,1-3H3,(H,21,24)(H,22,23). The summed E-state index contributed by atoms with van der Waals surface area (Å²) in [7, 11) is 1.62. The van der Waals surface area contributed by atoms with Gasteiger partial charge in [0, 0.05) is 19.2 Å². The summed E-state index contributed by atoms with van der Waals surface area (Å²) in [5, 5.41) is 5.49. The number of carbonyl (C=O) groups is 2. The Kier molecular flexibility index (Phi) is 6.13. The highest BCUT2D eigenvalue weighted by molar-refractivity contribution is 5.91. The maximum Gasteiger partial charge on any atom is 0.224 e. The average molecular weight is 324 g/mol. The van der Waals surface area contributed by atoms with Crippen molar-refractivity contribution >= 4 is 17.5 Å². The molecule has 24 heavy (non-hydrogen) atoms. The van der Waals surface area contributed by atoms with Crippen molar-refractivity contribution in [2.75, 3.05) is 12.4 Å². The van der Waals surface area contributed by atoms with Crippen molar-refractivity contribution in [3.63, 3.8) is 0 Å². The van der Waals surface area contributed by atoms with Crippen molar-refractivity contribution in [2.45, 2.75) is 33.1 Å². The van der Waals surface area contributed by atoms with Crippen molar-refractivity contribution in [3.05, 3.63) is 64.7 Å². The molecule has 0 saturated carbocycles. The van der Waals surface area contributed by atoms with E-state index in [4.69, 9.17) is 0 Å². The Balaban J connectivity index is 1.86. The summed E-state index contributed by atoms with van der Waals surface area (Å²) in [5.41, 5.74) is 5.33. The van der Waals surface area contributed by atoms with Gasteiger partial charge >= 0.3 is 0 Å². The minimum absolute atomic E-state index is 0.00553. The van der Waals surface area contributed by atoms with E-state index in [0.717, 1.165) is 17.7 Å². The molecule has 126 valence electrons. The van der Waals surface area contributed by atoms with Crippen LogP contribution in [0.25, 0.3) is 0 Å². The second-order valence-corrected chi connectivity index (χ2v) is 6.02. The summed E-state index contributed by atoms with van der Waals surface area (Å²) in [6.45, 7) is 4.14. The summed E-state index contributed by atoms with van der Waals surface area (Å²) in [6, 6.07) is 13.7. The molecule has 0 radical (unpaired) electrons. The summed E-state index contributed by atoms with van der Waals surface area (Å²) >= 11 is 0. The third-order valence-electron chi connectivity index (χ3n) is 4.00. The number of nitrogens with one attached hydrogen (secondary N) is 2. The van der Waals surface area contributed by atoms with Crippen LogP contribution in [0, 0.1) is 13.8 Å². The summed E-state index contributed by atoms with van der Waals surface area (Å²) in [4.78, 5) is 23.4. The van der Waals surface area contributed by atoms with E-state index in [9.17, 15) is 9.59 Å². The Morgan fingerprint density at radius 1 is 0.958 bits per heavy atom. The minimum Gasteiger partial charge on any atom is -0.359 e. The van der Waals surface area contributed by atoms with Crippen LogP contribution in [-0.2, 0) is 22.4 Å². The van der Waals surface area contributed by atoms with Crippen LogP contribution in [0.3, 0.4) is 0 Å². The summed E-state index contributed by atoms with van der Waals surface area (Å²) in [5.74, 6) is -0.0331. The average Bonchev–Trinajstić information content (AvgIpc) is 2.55. The van der Waals surface area contributed by atoms with E-state index in [1.54, 1.807) is 7.05 Å². The lowest BCUT2D eigenvalue weighted by atomic mass is 10.0. The molecule has 2 aromatic rings. The Morgan fingerprint density at radius 3 is 2.29 bits per heavy atom. The maximum atomic E-state index is 12.1. The SMILES string of the molecule is CNC(=O)Cc1ccc(NC(=O)CCc2ccc(C)cc2C)cc1. The van der Waals surface area contributed by atoms with Crippen molar-refractivity contribution in [3.8, 4) is 0 Å². The van der Waals surface area contributed by atoms with Crippen LogP contribution >= 0.6 is 0 Å². The van der Waals surface area contributed by atoms with Gasteiger partial charge in [-0.05, 0) is 49.1 Å². The predicted molar refractivity (Wildman–Crippen MR) is 97.1 cm³/mol. The molecule has 0 aliphatic heterocycles. The fourth-order valence-electron chi connectivity index (χ4n) is 2.58. The zero-order valence-electron chi connectivity index (χ0n) is 14.5. The van der Waals surface area contributed by atoms with Crippen LogP contribution in [0.5, 0.6) is 0 Å². The molecule has 4 nitrogen and oxygen atoms in total. The Morgan fingerprint density at radius 2 is 1.67 bits per heavy atom. The van der Waals surface area contributed by atoms with Gasteiger partial charge in [-0.2, -0.15) is 0 Å². The molecule has 0 aliphatic rings. The van der Waals surface area contributed by atoms with Crippen molar-refractivity contribution in [1.82, 2.24) is 5.32 Å². The minimum atomic E-state index is -0.0275. The Bertz CT molecular complexity index is 721. The van der Waals surface area contributed by atoms with Gasteiger partial charge in [-0.25, -0.2) is 0 Å². The number of amides is 2. The Labute approximate surface area is 143 Å². The molecule has 0 atom stereocenters. The van der Waals surface area contributed by atoms with Crippen LogP contribution in [0.15, 0.2) is 42.5 Å². The van der Waals surface area contributed by atoms with Crippen molar-refractivity contribution < 1.29 is 9.59 Å². The molecule has 0 aliphatic carbocycles. The van der Waals surface area contributed by atoms with E-state index >= 15 is 0 Å².